The summed E-state index contributed by atoms with van der Waals surface area (Å²) in [5.41, 5.74) is 3.10. The Bertz CT molecular complexity index is 1140. The SMILES string of the molecule is Cc1ccc2c(c1)C(=O)CC(CSc1nnc(NC(=O)c3ccccc3F)s1)=N2. The number of aryl methyl sites for hydroxylation is 1. The molecule has 3 aromatic rings. The Hall–Kier alpha value is -2.91. The van der Waals surface area contributed by atoms with Gasteiger partial charge in [-0.15, -0.1) is 10.2 Å². The van der Waals surface area contributed by atoms with E-state index in [1.165, 1.54) is 41.3 Å². The number of aliphatic imine (C=N–C) groups is 1. The van der Waals surface area contributed by atoms with Crippen molar-refractivity contribution >= 4 is 51.3 Å². The second kappa shape index (κ2) is 8.22. The van der Waals surface area contributed by atoms with Crippen molar-refractivity contribution in [3.63, 3.8) is 0 Å². The second-order valence-electron chi connectivity index (χ2n) is 6.39. The van der Waals surface area contributed by atoms with E-state index in [4.69, 9.17) is 0 Å². The van der Waals surface area contributed by atoms with Crippen LogP contribution in [-0.4, -0.2) is 33.4 Å². The normalized spacial score (nSPS) is 13.0. The van der Waals surface area contributed by atoms with Gasteiger partial charge in [-0.3, -0.25) is 19.9 Å². The molecule has 0 saturated carbocycles. The molecule has 1 aliphatic rings. The molecule has 1 N–H and O–H groups in total. The standard InChI is InChI=1S/C20H15FN4O2S2/c1-11-6-7-16-14(8-11)17(26)9-12(22-16)10-28-20-25-24-19(29-20)23-18(27)13-4-2-3-5-15(13)21/h2-8H,9-10H2,1H3,(H,23,24,27). The molecular weight excluding hydrogens is 411 g/mol. The first-order valence-corrected chi connectivity index (χ1v) is 10.5. The smallest absolute Gasteiger partial charge is 0.260 e. The molecule has 29 heavy (non-hydrogen) atoms. The summed E-state index contributed by atoms with van der Waals surface area (Å²) in [6, 6.07) is 11.4. The van der Waals surface area contributed by atoms with Crippen LogP contribution < -0.4 is 5.32 Å². The van der Waals surface area contributed by atoms with E-state index in [1.54, 1.807) is 6.07 Å². The van der Waals surface area contributed by atoms with Gasteiger partial charge in [-0.1, -0.05) is 46.9 Å². The van der Waals surface area contributed by atoms with Crippen molar-refractivity contribution < 1.29 is 14.0 Å². The van der Waals surface area contributed by atoms with Gasteiger partial charge in [-0.05, 0) is 31.2 Å². The molecule has 2 aromatic carbocycles. The van der Waals surface area contributed by atoms with E-state index in [-0.39, 0.29) is 22.9 Å². The maximum atomic E-state index is 13.7. The van der Waals surface area contributed by atoms with Crippen molar-refractivity contribution in [2.75, 3.05) is 11.1 Å². The largest absolute Gasteiger partial charge is 0.296 e. The molecule has 1 aromatic heterocycles. The number of fused-ring (bicyclic) bond motifs is 1. The summed E-state index contributed by atoms with van der Waals surface area (Å²) in [6.45, 7) is 1.95. The van der Waals surface area contributed by atoms with Crippen molar-refractivity contribution in [3.05, 3.63) is 65.0 Å². The fraction of sp³-hybridized carbons (Fsp3) is 0.150. The van der Waals surface area contributed by atoms with Crippen LogP contribution in [0.2, 0.25) is 0 Å². The molecule has 0 unspecified atom stereocenters. The Morgan fingerprint density at radius 3 is 2.90 bits per heavy atom. The number of amides is 1. The average Bonchev–Trinajstić information content (AvgIpc) is 3.14. The summed E-state index contributed by atoms with van der Waals surface area (Å²) in [6.07, 6.45) is 0.277. The van der Waals surface area contributed by atoms with Crippen LogP contribution in [0.3, 0.4) is 0 Å². The van der Waals surface area contributed by atoms with Crippen LogP contribution in [0.15, 0.2) is 51.8 Å². The van der Waals surface area contributed by atoms with Gasteiger partial charge < -0.3 is 0 Å². The van der Waals surface area contributed by atoms with E-state index >= 15 is 0 Å². The Labute approximate surface area is 174 Å². The van der Waals surface area contributed by atoms with E-state index in [2.05, 4.69) is 20.5 Å². The van der Waals surface area contributed by atoms with Gasteiger partial charge in [0.25, 0.3) is 5.91 Å². The number of nitrogens with zero attached hydrogens (tertiary/aromatic N) is 3. The van der Waals surface area contributed by atoms with E-state index < -0.39 is 11.7 Å². The van der Waals surface area contributed by atoms with Crippen LogP contribution in [0.25, 0.3) is 0 Å². The molecule has 0 spiro atoms. The number of ketones is 1. The number of anilines is 1. The predicted octanol–water partition coefficient (Wildman–Crippen LogP) is 4.69. The van der Waals surface area contributed by atoms with E-state index in [0.717, 1.165) is 11.3 Å². The number of Topliss-reactive ketones (excluding diaryl/α,β-unsaturated/α-hetero) is 1. The van der Waals surface area contributed by atoms with Crippen molar-refractivity contribution in [2.45, 2.75) is 17.7 Å². The molecule has 1 aliphatic heterocycles. The second-order valence-corrected chi connectivity index (χ2v) is 8.59. The molecule has 2 heterocycles. The molecule has 0 saturated heterocycles. The molecule has 0 bridgehead atoms. The Kier molecular flexibility index (Phi) is 5.50. The van der Waals surface area contributed by atoms with Crippen LogP contribution in [0.4, 0.5) is 15.2 Å². The Morgan fingerprint density at radius 1 is 1.24 bits per heavy atom. The third-order valence-electron chi connectivity index (χ3n) is 4.20. The number of nitrogens with one attached hydrogen (secondary N) is 1. The predicted molar refractivity (Wildman–Crippen MR) is 112 cm³/mol. The number of aromatic nitrogens is 2. The van der Waals surface area contributed by atoms with Crippen LogP contribution in [-0.2, 0) is 0 Å². The third-order valence-corrected chi connectivity index (χ3v) is 6.25. The lowest BCUT2D eigenvalue weighted by molar-refractivity contribution is 0.0996. The van der Waals surface area contributed by atoms with Crippen LogP contribution >= 0.6 is 23.1 Å². The number of carbonyl (C=O) groups excluding carboxylic acids is 2. The zero-order chi connectivity index (χ0) is 20.4. The fourth-order valence-electron chi connectivity index (χ4n) is 2.82. The van der Waals surface area contributed by atoms with Gasteiger partial charge >= 0.3 is 0 Å². The lowest BCUT2D eigenvalue weighted by Crippen LogP contribution is -2.15. The molecule has 1 amide bonds. The minimum absolute atomic E-state index is 0.0547. The molecule has 4 rings (SSSR count). The molecule has 146 valence electrons. The number of carbonyl (C=O) groups is 2. The highest BCUT2D eigenvalue weighted by molar-refractivity contribution is 8.01. The lowest BCUT2D eigenvalue weighted by atomic mass is 9.99. The number of rotatable bonds is 5. The summed E-state index contributed by atoms with van der Waals surface area (Å²) in [5.74, 6) is -0.622. The van der Waals surface area contributed by atoms with Gasteiger partial charge in [0.05, 0.1) is 17.7 Å². The van der Waals surface area contributed by atoms with Crippen molar-refractivity contribution in [3.8, 4) is 0 Å². The summed E-state index contributed by atoms with van der Waals surface area (Å²) in [5, 5.41) is 10.8. The summed E-state index contributed by atoms with van der Waals surface area (Å²) < 4.78 is 14.3. The first-order chi connectivity index (χ1) is 14.0. The van der Waals surface area contributed by atoms with Gasteiger partial charge in [0.15, 0.2) is 10.1 Å². The van der Waals surface area contributed by atoms with Crippen molar-refractivity contribution in [1.82, 2.24) is 10.2 Å². The van der Waals surface area contributed by atoms with Crippen LogP contribution in [0, 0.1) is 12.7 Å². The third kappa shape index (κ3) is 4.41. The number of thioether (sulfide) groups is 1. The maximum Gasteiger partial charge on any atom is 0.260 e. The van der Waals surface area contributed by atoms with Gasteiger partial charge in [-0.25, -0.2) is 4.39 Å². The summed E-state index contributed by atoms with van der Waals surface area (Å²) in [7, 11) is 0. The first-order valence-electron chi connectivity index (χ1n) is 8.72. The van der Waals surface area contributed by atoms with Crippen molar-refractivity contribution in [2.24, 2.45) is 4.99 Å². The fourth-order valence-corrected chi connectivity index (χ4v) is 4.49. The van der Waals surface area contributed by atoms with Crippen molar-refractivity contribution in [1.29, 1.82) is 0 Å². The minimum atomic E-state index is -0.598. The van der Waals surface area contributed by atoms with Gasteiger partial charge in [0.1, 0.15) is 5.82 Å². The lowest BCUT2D eigenvalue weighted by Gasteiger charge is -2.14. The van der Waals surface area contributed by atoms with Gasteiger partial charge in [0, 0.05) is 17.0 Å². The average molecular weight is 426 g/mol. The zero-order valence-electron chi connectivity index (χ0n) is 15.3. The molecule has 0 fully saturated rings. The Morgan fingerprint density at radius 2 is 2.07 bits per heavy atom. The molecule has 0 radical (unpaired) electrons. The van der Waals surface area contributed by atoms with E-state index in [0.29, 0.717) is 21.3 Å². The number of halogens is 1. The first kappa shape index (κ1) is 19.4. The maximum absolute atomic E-state index is 13.7. The van der Waals surface area contributed by atoms with E-state index in [9.17, 15) is 14.0 Å². The highest BCUT2D eigenvalue weighted by Crippen LogP contribution is 2.30. The number of benzene rings is 2. The van der Waals surface area contributed by atoms with Crippen LogP contribution in [0.5, 0.6) is 0 Å². The van der Waals surface area contributed by atoms with E-state index in [1.807, 2.05) is 25.1 Å². The monoisotopic (exact) mass is 426 g/mol. The molecular formula is C20H15FN4O2S2. The number of hydrogen-bond acceptors (Lipinski definition) is 7. The Balaban J connectivity index is 1.40. The quantitative estimate of drug-likeness (QED) is 0.473. The molecule has 6 nitrogen and oxygen atoms in total. The molecule has 0 atom stereocenters. The number of hydrogen-bond donors (Lipinski definition) is 1. The highest BCUT2D eigenvalue weighted by atomic mass is 32.2. The zero-order valence-corrected chi connectivity index (χ0v) is 16.9. The van der Waals surface area contributed by atoms with Gasteiger partial charge in [-0.2, -0.15) is 0 Å². The van der Waals surface area contributed by atoms with Gasteiger partial charge in [0.2, 0.25) is 5.13 Å². The highest BCUT2D eigenvalue weighted by Gasteiger charge is 2.21. The summed E-state index contributed by atoms with van der Waals surface area (Å²) in [4.78, 5) is 29.1. The molecule has 0 aliphatic carbocycles. The topological polar surface area (TPSA) is 84.3 Å². The molecule has 9 heteroatoms. The van der Waals surface area contributed by atoms with Crippen LogP contribution in [0.1, 0.15) is 32.7 Å². The minimum Gasteiger partial charge on any atom is -0.296 e. The summed E-state index contributed by atoms with van der Waals surface area (Å²) >= 11 is 2.58.